The topological polar surface area (TPSA) is 17.1 Å². The van der Waals surface area contributed by atoms with Crippen LogP contribution < -0.4 is 0 Å². The van der Waals surface area contributed by atoms with Crippen LogP contribution in [0, 0.1) is 34.5 Å². The highest BCUT2D eigenvalue weighted by Gasteiger charge is 2.57. The first-order valence-electron chi connectivity index (χ1n) is 9.14. The zero-order valence-electron chi connectivity index (χ0n) is 14.0. The van der Waals surface area contributed by atoms with E-state index in [1.54, 1.807) is 5.57 Å². The van der Waals surface area contributed by atoms with E-state index in [-0.39, 0.29) is 0 Å². The molecule has 6 atom stereocenters. The van der Waals surface area contributed by atoms with Crippen molar-refractivity contribution in [1.29, 1.82) is 0 Å². The minimum absolute atomic E-state index is 0.467. The molecule has 3 fully saturated rings. The minimum Gasteiger partial charge on any atom is -0.300 e. The van der Waals surface area contributed by atoms with Gasteiger partial charge < -0.3 is 0 Å². The summed E-state index contributed by atoms with van der Waals surface area (Å²) in [7, 11) is 0. The van der Waals surface area contributed by atoms with Crippen LogP contribution in [-0.4, -0.2) is 5.78 Å². The molecule has 21 heavy (non-hydrogen) atoms. The van der Waals surface area contributed by atoms with Gasteiger partial charge in [-0.15, -0.1) is 0 Å². The fourth-order valence-electron chi connectivity index (χ4n) is 6.83. The van der Waals surface area contributed by atoms with Crippen molar-refractivity contribution in [3.8, 4) is 0 Å². The first-order valence-corrected chi connectivity index (χ1v) is 9.14. The van der Waals surface area contributed by atoms with E-state index < -0.39 is 0 Å². The number of hydrogen-bond acceptors (Lipinski definition) is 1. The van der Waals surface area contributed by atoms with Crippen LogP contribution in [0.1, 0.15) is 72.1 Å². The van der Waals surface area contributed by atoms with Crippen LogP contribution in [0.15, 0.2) is 11.6 Å². The SMILES string of the molecule is CC1=CC[C@@H]2[C@@H]3CC[C@@H]4CC(=O)CC[C@]4(C)[C@@H]3CC[C@]12C. The molecule has 0 unspecified atom stereocenters. The second-order valence-electron chi connectivity index (χ2n) is 8.98. The van der Waals surface area contributed by atoms with Crippen LogP contribution in [-0.2, 0) is 4.79 Å². The van der Waals surface area contributed by atoms with Gasteiger partial charge in [0.2, 0.25) is 0 Å². The molecule has 0 aliphatic heterocycles. The summed E-state index contributed by atoms with van der Waals surface area (Å²) in [6.07, 6.45) is 12.3. The molecule has 4 aliphatic carbocycles. The molecule has 1 heteroatoms. The Hall–Kier alpha value is -0.590. The Balaban J connectivity index is 1.64. The van der Waals surface area contributed by atoms with Gasteiger partial charge in [0, 0.05) is 12.8 Å². The predicted octanol–water partition coefficient (Wildman–Crippen LogP) is 5.15. The number of carbonyl (C=O) groups is 1. The van der Waals surface area contributed by atoms with Gasteiger partial charge in [-0.3, -0.25) is 4.79 Å². The monoisotopic (exact) mass is 286 g/mol. The van der Waals surface area contributed by atoms with Gasteiger partial charge in [-0.05, 0) is 80.0 Å². The van der Waals surface area contributed by atoms with Crippen LogP contribution in [0.4, 0.5) is 0 Å². The average Bonchev–Trinajstić information content (AvgIpc) is 2.76. The van der Waals surface area contributed by atoms with E-state index in [1.165, 1.54) is 38.5 Å². The molecule has 0 aromatic rings. The van der Waals surface area contributed by atoms with Gasteiger partial charge in [-0.25, -0.2) is 0 Å². The number of rotatable bonds is 0. The second kappa shape index (κ2) is 4.46. The lowest BCUT2D eigenvalue weighted by molar-refractivity contribution is -0.137. The van der Waals surface area contributed by atoms with Gasteiger partial charge in [-0.1, -0.05) is 25.5 Å². The van der Waals surface area contributed by atoms with Gasteiger partial charge in [0.1, 0.15) is 5.78 Å². The van der Waals surface area contributed by atoms with E-state index >= 15 is 0 Å². The fourth-order valence-corrected chi connectivity index (χ4v) is 6.83. The minimum atomic E-state index is 0.467. The first-order chi connectivity index (χ1) is 9.95. The number of fused-ring (bicyclic) bond motifs is 5. The molecular formula is C20H30O. The standard InChI is InChI=1S/C20H30O/c1-13-4-7-17-16-6-5-14-12-15(21)8-10-20(14,3)18(16)9-11-19(13,17)2/h4,14,16-18H,5-12H2,1-3H3/t14-,16+,17-,18-,19-,20+/m1/s1. The Morgan fingerprint density at radius 2 is 1.90 bits per heavy atom. The molecule has 116 valence electrons. The maximum Gasteiger partial charge on any atom is 0.133 e. The third kappa shape index (κ3) is 1.79. The van der Waals surface area contributed by atoms with Crippen molar-refractivity contribution in [1.82, 2.24) is 0 Å². The zero-order chi connectivity index (χ0) is 14.8. The molecule has 3 saturated carbocycles. The van der Waals surface area contributed by atoms with E-state index in [0.29, 0.717) is 22.5 Å². The molecule has 0 radical (unpaired) electrons. The molecule has 0 saturated heterocycles. The molecule has 4 rings (SSSR count). The van der Waals surface area contributed by atoms with E-state index in [1.807, 2.05) is 0 Å². The summed E-state index contributed by atoms with van der Waals surface area (Å²) in [4.78, 5) is 11.9. The molecule has 0 aromatic carbocycles. The van der Waals surface area contributed by atoms with E-state index in [0.717, 1.165) is 30.6 Å². The smallest absolute Gasteiger partial charge is 0.133 e. The maximum absolute atomic E-state index is 11.9. The lowest BCUT2D eigenvalue weighted by Gasteiger charge is -2.60. The summed E-state index contributed by atoms with van der Waals surface area (Å²) in [6, 6.07) is 0. The predicted molar refractivity (Wildman–Crippen MR) is 85.9 cm³/mol. The molecule has 0 heterocycles. The molecule has 0 N–H and O–H groups in total. The van der Waals surface area contributed by atoms with E-state index in [4.69, 9.17) is 0 Å². The largest absolute Gasteiger partial charge is 0.300 e. The Kier molecular flexibility index (Phi) is 2.98. The van der Waals surface area contributed by atoms with Crippen LogP contribution in [0.25, 0.3) is 0 Å². The Morgan fingerprint density at radius 3 is 2.71 bits per heavy atom. The molecule has 0 spiro atoms. The van der Waals surface area contributed by atoms with Gasteiger partial charge in [0.25, 0.3) is 0 Å². The van der Waals surface area contributed by atoms with Crippen molar-refractivity contribution < 1.29 is 4.79 Å². The Morgan fingerprint density at radius 1 is 1.10 bits per heavy atom. The first kappa shape index (κ1) is 14.0. The van der Waals surface area contributed by atoms with E-state index in [2.05, 4.69) is 26.8 Å². The highest BCUT2D eigenvalue weighted by molar-refractivity contribution is 5.79. The van der Waals surface area contributed by atoms with Gasteiger partial charge >= 0.3 is 0 Å². The molecule has 0 aromatic heterocycles. The van der Waals surface area contributed by atoms with Gasteiger partial charge in [-0.2, -0.15) is 0 Å². The van der Waals surface area contributed by atoms with Crippen molar-refractivity contribution in [3.05, 3.63) is 11.6 Å². The van der Waals surface area contributed by atoms with Crippen LogP contribution >= 0.6 is 0 Å². The zero-order valence-corrected chi connectivity index (χ0v) is 14.0. The Labute approximate surface area is 129 Å². The van der Waals surface area contributed by atoms with Gasteiger partial charge in [0.15, 0.2) is 0 Å². The number of hydrogen-bond donors (Lipinski definition) is 0. The summed E-state index contributed by atoms with van der Waals surface area (Å²) in [5.41, 5.74) is 2.63. The summed E-state index contributed by atoms with van der Waals surface area (Å²) < 4.78 is 0. The maximum atomic E-state index is 11.9. The third-order valence-electron chi connectivity index (χ3n) is 8.45. The van der Waals surface area contributed by atoms with Crippen molar-refractivity contribution in [2.75, 3.05) is 0 Å². The number of carbonyl (C=O) groups excluding carboxylic acids is 1. The highest BCUT2D eigenvalue weighted by Crippen LogP contribution is 2.65. The average molecular weight is 286 g/mol. The van der Waals surface area contributed by atoms with Crippen LogP contribution in [0.2, 0.25) is 0 Å². The third-order valence-corrected chi connectivity index (χ3v) is 8.45. The summed E-state index contributed by atoms with van der Waals surface area (Å²) in [5, 5.41) is 0. The van der Waals surface area contributed by atoms with Crippen LogP contribution in [0.3, 0.4) is 0 Å². The molecular weight excluding hydrogens is 256 g/mol. The molecule has 0 amide bonds. The van der Waals surface area contributed by atoms with Crippen molar-refractivity contribution in [2.45, 2.75) is 72.1 Å². The van der Waals surface area contributed by atoms with Crippen molar-refractivity contribution >= 4 is 5.78 Å². The second-order valence-corrected chi connectivity index (χ2v) is 8.98. The lowest BCUT2D eigenvalue weighted by Crippen LogP contribution is -2.53. The fraction of sp³-hybridized carbons (Fsp3) is 0.850. The number of ketones is 1. The molecule has 4 aliphatic rings. The Bertz CT molecular complexity index is 504. The summed E-state index contributed by atoms with van der Waals surface area (Å²) in [6.45, 7) is 7.44. The molecule has 1 nitrogen and oxygen atoms in total. The normalized spacial score (nSPS) is 52.7. The van der Waals surface area contributed by atoms with E-state index in [9.17, 15) is 4.79 Å². The quantitative estimate of drug-likeness (QED) is 0.562. The van der Waals surface area contributed by atoms with Gasteiger partial charge in [0.05, 0.1) is 0 Å². The summed E-state index contributed by atoms with van der Waals surface area (Å²) in [5.74, 6) is 3.94. The van der Waals surface area contributed by atoms with Crippen molar-refractivity contribution in [2.24, 2.45) is 34.5 Å². The lowest BCUT2D eigenvalue weighted by atomic mass is 9.45. The summed E-state index contributed by atoms with van der Waals surface area (Å²) >= 11 is 0. The molecule has 0 bridgehead atoms. The number of Topliss-reactive ketones (excluding diaryl/α,β-unsaturated/α-hetero) is 1. The van der Waals surface area contributed by atoms with Crippen LogP contribution in [0.5, 0.6) is 0 Å². The highest BCUT2D eigenvalue weighted by atomic mass is 16.1. The number of allylic oxidation sites excluding steroid dienone is 2. The van der Waals surface area contributed by atoms with Crippen molar-refractivity contribution in [3.63, 3.8) is 0 Å².